The summed E-state index contributed by atoms with van der Waals surface area (Å²) in [5.74, 6) is -0.261. The zero-order valence-electron chi connectivity index (χ0n) is 13.9. The summed E-state index contributed by atoms with van der Waals surface area (Å²) >= 11 is 0. The van der Waals surface area contributed by atoms with Crippen molar-refractivity contribution in [3.05, 3.63) is 71.8 Å². The van der Waals surface area contributed by atoms with Crippen molar-refractivity contribution in [2.24, 2.45) is 0 Å². The highest BCUT2D eigenvalue weighted by molar-refractivity contribution is 5.85. The minimum absolute atomic E-state index is 0.136. The predicted octanol–water partition coefficient (Wildman–Crippen LogP) is 3.18. The fourth-order valence-corrected chi connectivity index (χ4v) is 2.17. The first kappa shape index (κ1) is 17.5. The van der Waals surface area contributed by atoms with Gasteiger partial charge >= 0.3 is 6.09 Å². The highest BCUT2D eigenvalue weighted by Gasteiger charge is 2.18. The molecule has 0 aromatic heterocycles. The largest absolute Gasteiger partial charge is 0.445 e. The Bertz CT molecular complexity index is 659. The molecule has 5 heteroatoms. The van der Waals surface area contributed by atoms with Gasteiger partial charge in [-0.05, 0) is 25.0 Å². The van der Waals surface area contributed by atoms with Crippen LogP contribution in [0.15, 0.2) is 60.7 Å². The number of rotatable bonds is 6. The molecule has 2 aromatic carbocycles. The monoisotopic (exact) mass is 326 g/mol. The van der Waals surface area contributed by atoms with Crippen LogP contribution in [0.2, 0.25) is 0 Å². The fraction of sp³-hybridized carbons (Fsp3) is 0.263. The van der Waals surface area contributed by atoms with E-state index in [1.165, 1.54) is 0 Å². The number of amides is 2. The van der Waals surface area contributed by atoms with E-state index in [1.807, 2.05) is 67.6 Å². The average molecular weight is 326 g/mol. The Kier molecular flexibility index (Phi) is 6.37. The number of ether oxygens (including phenoxy) is 1. The molecule has 2 unspecified atom stereocenters. The second kappa shape index (κ2) is 8.72. The molecule has 24 heavy (non-hydrogen) atoms. The minimum Gasteiger partial charge on any atom is -0.445 e. The van der Waals surface area contributed by atoms with Crippen LogP contribution < -0.4 is 10.6 Å². The van der Waals surface area contributed by atoms with E-state index >= 15 is 0 Å². The average Bonchev–Trinajstić information content (AvgIpc) is 2.61. The molecule has 0 fully saturated rings. The zero-order chi connectivity index (χ0) is 17.4. The number of hydrogen-bond donors (Lipinski definition) is 2. The van der Waals surface area contributed by atoms with E-state index < -0.39 is 12.1 Å². The van der Waals surface area contributed by atoms with Crippen LogP contribution in [-0.4, -0.2) is 18.0 Å². The van der Waals surface area contributed by atoms with Crippen molar-refractivity contribution in [3.63, 3.8) is 0 Å². The summed E-state index contributed by atoms with van der Waals surface area (Å²) in [5, 5.41) is 5.40. The molecule has 0 heterocycles. The SMILES string of the molecule is CC(NC(=O)OCc1ccccc1)C(=O)NC(C)c1ccccc1. The van der Waals surface area contributed by atoms with Gasteiger partial charge in [0.25, 0.3) is 0 Å². The Morgan fingerprint density at radius 2 is 1.50 bits per heavy atom. The molecule has 5 nitrogen and oxygen atoms in total. The van der Waals surface area contributed by atoms with Crippen LogP contribution in [0, 0.1) is 0 Å². The van der Waals surface area contributed by atoms with Crippen molar-refractivity contribution < 1.29 is 14.3 Å². The lowest BCUT2D eigenvalue weighted by atomic mass is 10.1. The van der Waals surface area contributed by atoms with Crippen molar-refractivity contribution in [1.82, 2.24) is 10.6 Å². The summed E-state index contributed by atoms with van der Waals surface area (Å²) in [6.07, 6.45) is -0.617. The Hall–Kier alpha value is -2.82. The van der Waals surface area contributed by atoms with Crippen LogP contribution in [0.5, 0.6) is 0 Å². The lowest BCUT2D eigenvalue weighted by Gasteiger charge is -2.18. The Balaban J connectivity index is 1.77. The molecule has 0 aliphatic rings. The number of carbonyl (C=O) groups excluding carboxylic acids is 2. The lowest BCUT2D eigenvalue weighted by molar-refractivity contribution is -0.123. The van der Waals surface area contributed by atoms with Crippen molar-refractivity contribution in [2.45, 2.75) is 32.5 Å². The van der Waals surface area contributed by atoms with E-state index in [2.05, 4.69) is 10.6 Å². The lowest BCUT2D eigenvalue weighted by Crippen LogP contribution is -2.45. The highest BCUT2D eigenvalue weighted by atomic mass is 16.5. The number of alkyl carbamates (subject to hydrolysis) is 1. The summed E-state index contributed by atoms with van der Waals surface area (Å²) in [6.45, 7) is 3.69. The number of nitrogens with one attached hydrogen (secondary N) is 2. The van der Waals surface area contributed by atoms with Crippen LogP contribution >= 0.6 is 0 Å². The van der Waals surface area contributed by atoms with E-state index in [4.69, 9.17) is 4.74 Å². The molecule has 2 amide bonds. The number of hydrogen-bond acceptors (Lipinski definition) is 3. The van der Waals surface area contributed by atoms with E-state index in [1.54, 1.807) is 6.92 Å². The molecule has 0 aliphatic carbocycles. The van der Waals surface area contributed by atoms with E-state index in [-0.39, 0.29) is 18.6 Å². The number of carbonyl (C=O) groups is 2. The molecule has 2 rings (SSSR count). The van der Waals surface area contributed by atoms with E-state index in [9.17, 15) is 9.59 Å². The molecular weight excluding hydrogens is 304 g/mol. The van der Waals surface area contributed by atoms with Crippen LogP contribution in [0.25, 0.3) is 0 Å². The Labute approximate surface area is 142 Å². The standard InChI is InChI=1S/C19H22N2O3/c1-14(17-11-7-4-8-12-17)20-18(22)15(2)21-19(23)24-13-16-9-5-3-6-10-16/h3-12,14-15H,13H2,1-2H3,(H,20,22)(H,21,23). The van der Waals surface area contributed by atoms with Gasteiger partial charge in [0.2, 0.25) is 5.91 Å². The first-order valence-corrected chi connectivity index (χ1v) is 7.89. The van der Waals surface area contributed by atoms with Gasteiger partial charge in [0.05, 0.1) is 6.04 Å². The maximum atomic E-state index is 12.2. The van der Waals surface area contributed by atoms with E-state index in [0.29, 0.717) is 0 Å². The first-order chi connectivity index (χ1) is 11.6. The van der Waals surface area contributed by atoms with Crippen molar-refractivity contribution in [3.8, 4) is 0 Å². The predicted molar refractivity (Wildman–Crippen MR) is 92.2 cm³/mol. The molecular formula is C19H22N2O3. The summed E-state index contributed by atoms with van der Waals surface area (Å²) in [4.78, 5) is 23.9. The van der Waals surface area contributed by atoms with Crippen molar-refractivity contribution >= 4 is 12.0 Å². The quantitative estimate of drug-likeness (QED) is 0.857. The van der Waals surface area contributed by atoms with Gasteiger partial charge in [-0.25, -0.2) is 4.79 Å². The Morgan fingerprint density at radius 1 is 0.917 bits per heavy atom. The second-order valence-electron chi connectivity index (χ2n) is 5.57. The number of benzene rings is 2. The maximum Gasteiger partial charge on any atom is 0.408 e. The molecule has 0 bridgehead atoms. The minimum atomic E-state index is -0.681. The highest BCUT2D eigenvalue weighted by Crippen LogP contribution is 2.11. The van der Waals surface area contributed by atoms with E-state index in [0.717, 1.165) is 11.1 Å². The van der Waals surface area contributed by atoms with Gasteiger partial charge in [-0.3, -0.25) is 4.79 Å². The summed E-state index contributed by atoms with van der Waals surface area (Å²) in [6, 6.07) is 18.2. The topological polar surface area (TPSA) is 67.4 Å². The van der Waals surface area contributed by atoms with Gasteiger partial charge in [0.15, 0.2) is 0 Å². The molecule has 2 aromatic rings. The third-order valence-corrected chi connectivity index (χ3v) is 3.60. The van der Waals surface area contributed by atoms with Gasteiger partial charge in [-0.1, -0.05) is 60.7 Å². The van der Waals surface area contributed by atoms with Crippen molar-refractivity contribution in [2.75, 3.05) is 0 Å². The molecule has 0 saturated heterocycles. The third kappa shape index (κ3) is 5.43. The molecule has 0 spiro atoms. The second-order valence-corrected chi connectivity index (χ2v) is 5.57. The Morgan fingerprint density at radius 3 is 2.12 bits per heavy atom. The summed E-state index contributed by atoms with van der Waals surface area (Å²) in [7, 11) is 0. The molecule has 2 N–H and O–H groups in total. The maximum absolute atomic E-state index is 12.2. The van der Waals surface area contributed by atoms with Gasteiger partial charge in [-0.15, -0.1) is 0 Å². The molecule has 0 aliphatic heterocycles. The van der Waals surface area contributed by atoms with Gasteiger partial charge in [0.1, 0.15) is 12.6 Å². The van der Waals surface area contributed by atoms with Gasteiger partial charge in [-0.2, -0.15) is 0 Å². The molecule has 126 valence electrons. The van der Waals surface area contributed by atoms with Crippen LogP contribution in [0.3, 0.4) is 0 Å². The van der Waals surface area contributed by atoms with Crippen LogP contribution in [-0.2, 0) is 16.1 Å². The summed E-state index contributed by atoms with van der Waals surface area (Å²) in [5.41, 5.74) is 1.90. The third-order valence-electron chi connectivity index (χ3n) is 3.60. The molecule has 2 atom stereocenters. The normalized spacial score (nSPS) is 12.8. The van der Waals surface area contributed by atoms with Crippen LogP contribution in [0.1, 0.15) is 31.0 Å². The first-order valence-electron chi connectivity index (χ1n) is 7.89. The summed E-state index contributed by atoms with van der Waals surface area (Å²) < 4.78 is 5.11. The van der Waals surface area contributed by atoms with Gasteiger partial charge < -0.3 is 15.4 Å². The van der Waals surface area contributed by atoms with Crippen LogP contribution in [0.4, 0.5) is 4.79 Å². The fourth-order valence-electron chi connectivity index (χ4n) is 2.17. The molecule has 0 saturated carbocycles. The smallest absolute Gasteiger partial charge is 0.408 e. The zero-order valence-corrected chi connectivity index (χ0v) is 13.9. The molecule has 0 radical (unpaired) electrons. The van der Waals surface area contributed by atoms with Gasteiger partial charge in [0, 0.05) is 0 Å². The van der Waals surface area contributed by atoms with Crippen molar-refractivity contribution in [1.29, 1.82) is 0 Å².